The fraction of sp³-hybridized carbons (Fsp3) is 0.400. The van der Waals surface area contributed by atoms with Crippen LogP contribution in [-0.4, -0.2) is 23.9 Å². The molecule has 0 heterocycles. The summed E-state index contributed by atoms with van der Waals surface area (Å²) in [6.07, 6.45) is 0. The Hall–Kier alpha value is -1.06. The van der Waals surface area contributed by atoms with Crippen molar-refractivity contribution >= 4 is 0 Å². The van der Waals surface area contributed by atoms with Crippen LogP contribution >= 0.6 is 0 Å². The van der Waals surface area contributed by atoms with Crippen LogP contribution in [-0.2, 0) is 0 Å². The van der Waals surface area contributed by atoms with E-state index in [-0.39, 0.29) is 18.4 Å². The Morgan fingerprint density at radius 2 is 2.15 bits per heavy atom. The van der Waals surface area contributed by atoms with Crippen molar-refractivity contribution < 1.29 is 10.2 Å². The first-order valence-corrected chi connectivity index (χ1v) is 4.27. The third-order valence-electron chi connectivity index (χ3n) is 2.25. The van der Waals surface area contributed by atoms with Crippen molar-refractivity contribution in [3.63, 3.8) is 0 Å². The van der Waals surface area contributed by atoms with Gasteiger partial charge in [-0.05, 0) is 31.2 Å². The van der Waals surface area contributed by atoms with E-state index in [4.69, 9.17) is 5.11 Å². The average molecular weight is 181 g/mol. The van der Waals surface area contributed by atoms with Gasteiger partial charge in [-0.3, -0.25) is 0 Å². The summed E-state index contributed by atoms with van der Waals surface area (Å²) in [7, 11) is 1.78. The predicted molar refractivity (Wildman–Crippen MR) is 51.7 cm³/mol. The van der Waals surface area contributed by atoms with Gasteiger partial charge in [0, 0.05) is 0 Å². The second-order valence-corrected chi connectivity index (χ2v) is 3.02. The molecule has 3 N–H and O–H groups in total. The molecule has 1 atom stereocenters. The molecule has 1 aromatic carbocycles. The number of nitrogens with one attached hydrogen (secondary N) is 1. The van der Waals surface area contributed by atoms with E-state index in [0.29, 0.717) is 0 Å². The minimum atomic E-state index is -0.105. The molecule has 0 unspecified atom stereocenters. The lowest BCUT2D eigenvalue weighted by atomic mass is 10.0. The molecule has 0 saturated carbocycles. The number of hydrogen-bond donors (Lipinski definition) is 3. The topological polar surface area (TPSA) is 52.5 Å². The number of likely N-dealkylation sites (N-methyl/N-ethyl adjacent to an activating group) is 1. The van der Waals surface area contributed by atoms with Crippen molar-refractivity contribution in [3.8, 4) is 5.75 Å². The zero-order chi connectivity index (χ0) is 9.84. The molecule has 0 spiro atoms. The predicted octanol–water partition coefficient (Wildman–Crippen LogP) is 0.953. The highest BCUT2D eigenvalue weighted by atomic mass is 16.3. The smallest absolute Gasteiger partial charge is 0.118 e. The number of aliphatic hydroxyl groups excluding tert-OH is 1. The molecule has 0 fully saturated rings. The normalized spacial score (nSPS) is 12.8. The largest absolute Gasteiger partial charge is 0.508 e. The van der Waals surface area contributed by atoms with Gasteiger partial charge < -0.3 is 15.5 Å². The van der Waals surface area contributed by atoms with Crippen LogP contribution in [0.3, 0.4) is 0 Å². The fourth-order valence-corrected chi connectivity index (χ4v) is 1.36. The Labute approximate surface area is 78.0 Å². The van der Waals surface area contributed by atoms with Crippen LogP contribution in [0.2, 0.25) is 0 Å². The number of aliphatic hydroxyl groups is 1. The number of hydrogen-bond acceptors (Lipinski definition) is 3. The standard InChI is InChI=1S/C10H15NO2/c1-7-8(9(6-12)11-2)4-3-5-10(7)13/h3-5,9,11-13H,6H2,1-2H3/t9-/m0/s1. The Balaban J connectivity index is 3.05. The maximum atomic E-state index is 9.43. The fourth-order valence-electron chi connectivity index (χ4n) is 1.36. The minimum absolute atomic E-state index is 0.0286. The van der Waals surface area contributed by atoms with Gasteiger partial charge in [0.15, 0.2) is 0 Å². The summed E-state index contributed by atoms with van der Waals surface area (Å²) >= 11 is 0. The zero-order valence-corrected chi connectivity index (χ0v) is 7.91. The van der Waals surface area contributed by atoms with Gasteiger partial charge in [-0.25, -0.2) is 0 Å². The van der Waals surface area contributed by atoms with E-state index < -0.39 is 0 Å². The quantitative estimate of drug-likeness (QED) is 0.651. The van der Waals surface area contributed by atoms with Gasteiger partial charge in [0.1, 0.15) is 5.75 Å². The number of rotatable bonds is 3. The summed E-state index contributed by atoms with van der Waals surface area (Å²) in [5.41, 5.74) is 1.75. The van der Waals surface area contributed by atoms with Crippen molar-refractivity contribution in [3.05, 3.63) is 29.3 Å². The molecule has 0 aliphatic rings. The van der Waals surface area contributed by atoms with Crippen LogP contribution in [0.15, 0.2) is 18.2 Å². The SMILES string of the molecule is CN[C@@H](CO)c1cccc(O)c1C. The van der Waals surface area contributed by atoms with Gasteiger partial charge in [0.2, 0.25) is 0 Å². The summed E-state index contributed by atoms with van der Waals surface area (Å²) in [6.45, 7) is 1.87. The third kappa shape index (κ3) is 1.99. The molecule has 0 aromatic heterocycles. The molecule has 3 heteroatoms. The average Bonchev–Trinajstić information content (AvgIpc) is 2.14. The monoisotopic (exact) mass is 181 g/mol. The van der Waals surface area contributed by atoms with Crippen LogP contribution in [0.25, 0.3) is 0 Å². The molecule has 0 amide bonds. The van der Waals surface area contributed by atoms with Crippen LogP contribution in [0.1, 0.15) is 17.2 Å². The number of aromatic hydroxyl groups is 1. The van der Waals surface area contributed by atoms with Gasteiger partial charge in [-0.15, -0.1) is 0 Å². The van der Waals surface area contributed by atoms with Crippen LogP contribution < -0.4 is 5.32 Å². The van der Waals surface area contributed by atoms with Crippen LogP contribution in [0.5, 0.6) is 5.75 Å². The zero-order valence-electron chi connectivity index (χ0n) is 7.91. The van der Waals surface area contributed by atoms with E-state index in [9.17, 15) is 5.11 Å². The summed E-state index contributed by atoms with van der Waals surface area (Å²) in [4.78, 5) is 0. The third-order valence-corrected chi connectivity index (χ3v) is 2.25. The lowest BCUT2D eigenvalue weighted by Gasteiger charge is -2.16. The van der Waals surface area contributed by atoms with E-state index in [0.717, 1.165) is 11.1 Å². The van der Waals surface area contributed by atoms with E-state index in [2.05, 4.69) is 5.32 Å². The molecule has 1 aromatic rings. The molecule has 0 bridgehead atoms. The van der Waals surface area contributed by atoms with Gasteiger partial charge in [-0.1, -0.05) is 12.1 Å². The molecule has 0 saturated heterocycles. The highest BCUT2D eigenvalue weighted by Gasteiger charge is 2.11. The van der Waals surface area contributed by atoms with Gasteiger partial charge in [0.25, 0.3) is 0 Å². The highest BCUT2D eigenvalue weighted by molar-refractivity contribution is 5.39. The maximum Gasteiger partial charge on any atom is 0.118 e. The lowest BCUT2D eigenvalue weighted by molar-refractivity contribution is 0.250. The molecule has 3 nitrogen and oxygen atoms in total. The van der Waals surface area contributed by atoms with E-state index in [1.165, 1.54) is 0 Å². The Morgan fingerprint density at radius 3 is 2.69 bits per heavy atom. The van der Waals surface area contributed by atoms with E-state index in [1.807, 2.05) is 13.0 Å². The Morgan fingerprint density at radius 1 is 1.46 bits per heavy atom. The molecular formula is C10H15NO2. The highest BCUT2D eigenvalue weighted by Crippen LogP contribution is 2.24. The van der Waals surface area contributed by atoms with Crippen molar-refractivity contribution in [1.82, 2.24) is 5.32 Å². The molecular weight excluding hydrogens is 166 g/mol. The summed E-state index contributed by atoms with van der Waals surface area (Å²) in [6, 6.07) is 5.21. The summed E-state index contributed by atoms with van der Waals surface area (Å²) in [5.74, 6) is 0.270. The van der Waals surface area contributed by atoms with E-state index >= 15 is 0 Å². The van der Waals surface area contributed by atoms with Crippen molar-refractivity contribution in [2.75, 3.05) is 13.7 Å². The first-order chi connectivity index (χ1) is 6.20. The van der Waals surface area contributed by atoms with Crippen molar-refractivity contribution in [1.29, 1.82) is 0 Å². The van der Waals surface area contributed by atoms with Crippen molar-refractivity contribution in [2.24, 2.45) is 0 Å². The molecule has 1 rings (SSSR count). The van der Waals surface area contributed by atoms with Crippen LogP contribution in [0.4, 0.5) is 0 Å². The van der Waals surface area contributed by atoms with Gasteiger partial charge in [0.05, 0.1) is 12.6 Å². The number of benzene rings is 1. The maximum absolute atomic E-state index is 9.43. The van der Waals surface area contributed by atoms with E-state index in [1.54, 1.807) is 19.2 Å². The molecule has 72 valence electrons. The van der Waals surface area contributed by atoms with Crippen LogP contribution in [0, 0.1) is 6.92 Å². The lowest BCUT2D eigenvalue weighted by Crippen LogP contribution is -2.20. The number of phenolic OH excluding ortho intramolecular Hbond substituents is 1. The van der Waals surface area contributed by atoms with Crippen molar-refractivity contribution in [2.45, 2.75) is 13.0 Å². The second-order valence-electron chi connectivity index (χ2n) is 3.02. The molecule has 13 heavy (non-hydrogen) atoms. The number of phenols is 1. The van der Waals surface area contributed by atoms with Gasteiger partial charge >= 0.3 is 0 Å². The second kappa shape index (κ2) is 4.25. The minimum Gasteiger partial charge on any atom is -0.508 e. The first-order valence-electron chi connectivity index (χ1n) is 4.27. The van der Waals surface area contributed by atoms with Gasteiger partial charge in [-0.2, -0.15) is 0 Å². The molecule has 0 aliphatic carbocycles. The molecule has 0 aliphatic heterocycles. The summed E-state index contributed by atoms with van der Waals surface area (Å²) < 4.78 is 0. The Kier molecular flexibility index (Phi) is 3.28. The summed E-state index contributed by atoms with van der Waals surface area (Å²) in [5, 5.41) is 21.5. The molecule has 0 radical (unpaired) electrons. The Bertz CT molecular complexity index is 282. The first kappa shape index (κ1) is 10.0.